The van der Waals surface area contributed by atoms with Crippen LogP contribution in [0.25, 0.3) is 0 Å². The maximum Gasteiger partial charge on any atom is 0.407 e. The molecule has 1 aliphatic carbocycles. The molecule has 0 radical (unpaired) electrons. The molecule has 1 saturated carbocycles. The lowest BCUT2D eigenvalue weighted by molar-refractivity contribution is -0.139. The number of hydrogen-bond donors (Lipinski definition) is 2. The van der Waals surface area contributed by atoms with Crippen LogP contribution in [0.5, 0.6) is 0 Å². The van der Waals surface area contributed by atoms with Gasteiger partial charge in [0, 0.05) is 32.2 Å². The SMILES string of the molecule is CC(C)OC(=O)NCc1ccc(N2CCC[C@]3(CCN(C4CCC(O)CC4)C3=O)C2)c(F)c1. The number of rotatable bonds is 5. The number of hydrogen-bond acceptors (Lipinski definition) is 5. The van der Waals surface area contributed by atoms with Crippen LogP contribution in [-0.4, -0.2) is 59.9 Å². The molecule has 8 heteroatoms. The van der Waals surface area contributed by atoms with Crippen LogP contribution in [0.4, 0.5) is 14.9 Å². The summed E-state index contributed by atoms with van der Waals surface area (Å²) in [5, 5.41) is 12.4. The number of nitrogens with zero attached hydrogens (tertiary/aromatic N) is 2. The second-order valence-corrected chi connectivity index (χ2v) is 10.1. The van der Waals surface area contributed by atoms with Crippen molar-refractivity contribution in [2.75, 3.05) is 24.5 Å². The maximum absolute atomic E-state index is 15.0. The Morgan fingerprint density at radius 2 is 2.00 bits per heavy atom. The minimum atomic E-state index is -0.524. The van der Waals surface area contributed by atoms with E-state index >= 15 is 4.39 Å². The molecular weight excluding hydrogens is 425 g/mol. The fourth-order valence-electron chi connectivity index (χ4n) is 5.63. The van der Waals surface area contributed by atoms with Crippen LogP contribution < -0.4 is 10.2 Å². The van der Waals surface area contributed by atoms with Gasteiger partial charge < -0.3 is 25.0 Å². The standard InChI is InChI=1S/C25H36FN3O4/c1-17(2)33-24(32)27-15-18-4-9-22(21(26)14-18)28-12-3-10-25(16-28)11-13-29(23(25)31)19-5-7-20(30)8-6-19/h4,9,14,17,19-20,30H,3,5-8,10-13,15-16H2,1-2H3,(H,27,32)/t19?,20?,25-/m0/s1. The van der Waals surface area contributed by atoms with Crippen LogP contribution in [-0.2, 0) is 16.1 Å². The van der Waals surface area contributed by atoms with Crippen molar-refractivity contribution in [3.63, 3.8) is 0 Å². The number of aliphatic hydroxyl groups excluding tert-OH is 1. The summed E-state index contributed by atoms with van der Waals surface area (Å²) in [6, 6.07) is 5.23. The molecule has 182 valence electrons. The first kappa shape index (κ1) is 23.8. The van der Waals surface area contributed by atoms with E-state index in [1.165, 1.54) is 6.07 Å². The number of ether oxygens (including phenoxy) is 1. The number of carbonyl (C=O) groups is 2. The van der Waals surface area contributed by atoms with Crippen molar-refractivity contribution in [1.29, 1.82) is 0 Å². The van der Waals surface area contributed by atoms with E-state index in [1.54, 1.807) is 19.9 Å². The molecule has 3 aliphatic rings. The van der Waals surface area contributed by atoms with Crippen molar-refractivity contribution < 1.29 is 23.8 Å². The largest absolute Gasteiger partial charge is 0.447 e. The van der Waals surface area contributed by atoms with E-state index in [9.17, 15) is 14.7 Å². The van der Waals surface area contributed by atoms with Crippen LogP contribution in [0.3, 0.4) is 0 Å². The van der Waals surface area contributed by atoms with Gasteiger partial charge in [0.2, 0.25) is 5.91 Å². The van der Waals surface area contributed by atoms with Gasteiger partial charge in [-0.05, 0) is 76.5 Å². The molecule has 33 heavy (non-hydrogen) atoms. The van der Waals surface area contributed by atoms with E-state index in [0.29, 0.717) is 17.8 Å². The molecule has 0 aromatic heterocycles. The molecule has 1 spiro atoms. The fourth-order valence-corrected chi connectivity index (χ4v) is 5.63. The lowest BCUT2D eigenvalue weighted by atomic mass is 9.78. The molecule has 1 aromatic carbocycles. The van der Waals surface area contributed by atoms with Gasteiger partial charge in [-0.15, -0.1) is 0 Å². The van der Waals surface area contributed by atoms with Crippen LogP contribution in [0.15, 0.2) is 18.2 Å². The van der Waals surface area contributed by atoms with Crippen molar-refractivity contribution >= 4 is 17.7 Å². The van der Waals surface area contributed by atoms with E-state index in [0.717, 1.165) is 58.0 Å². The van der Waals surface area contributed by atoms with E-state index in [4.69, 9.17) is 4.74 Å². The number of benzene rings is 1. The van der Waals surface area contributed by atoms with Crippen molar-refractivity contribution in [1.82, 2.24) is 10.2 Å². The highest BCUT2D eigenvalue weighted by atomic mass is 19.1. The lowest BCUT2D eigenvalue weighted by Crippen LogP contribution is -2.50. The zero-order valence-electron chi connectivity index (χ0n) is 19.7. The monoisotopic (exact) mass is 461 g/mol. The second-order valence-electron chi connectivity index (χ2n) is 10.1. The molecule has 2 aliphatic heterocycles. The number of anilines is 1. The Balaban J connectivity index is 1.40. The Kier molecular flexibility index (Phi) is 7.12. The van der Waals surface area contributed by atoms with Gasteiger partial charge in [0.1, 0.15) is 5.82 Å². The van der Waals surface area contributed by atoms with Crippen molar-refractivity contribution in [3.05, 3.63) is 29.6 Å². The third-order valence-corrected chi connectivity index (χ3v) is 7.36. The molecule has 2 saturated heterocycles. The van der Waals surface area contributed by atoms with E-state index in [-0.39, 0.29) is 36.5 Å². The maximum atomic E-state index is 15.0. The number of aliphatic hydroxyl groups is 1. The first-order valence-electron chi connectivity index (χ1n) is 12.2. The quantitative estimate of drug-likeness (QED) is 0.701. The van der Waals surface area contributed by atoms with Crippen molar-refractivity contribution in [2.24, 2.45) is 5.41 Å². The van der Waals surface area contributed by atoms with Gasteiger partial charge in [-0.1, -0.05) is 6.07 Å². The van der Waals surface area contributed by atoms with Gasteiger partial charge in [0.25, 0.3) is 0 Å². The number of halogens is 1. The molecule has 1 atom stereocenters. The van der Waals surface area contributed by atoms with E-state index in [1.807, 2.05) is 15.9 Å². The molecule has 4 rings (SSSR count). The summed E-state index contributed by atoms with van der Waals surface area (Å²) in [6.07, 6.45) is 4.78. The normalized spacial score (nSPS) is 28.0. The number of carbonyl (C=O) groups excluding carboxylic acids is 2. The highest BCUT2D eigenvalue weighted by Crippen LogP contribution is 2.43. The Morgan fingerprint density at radius 1 is 1.24 bits per heavy atom. The summed E-state index contributed by atoms with van der Waals surface area (Å²) in [5.41, 5.74) is 0.725. The van der Waals surface area contributed by atoms with Gasteiger partial charge in [-0.3, -0.25) is 4.79 Å². The summed E-state index contributed by atoms with van der Waals surface area (Å²) in [5.74, 6) is -0.134. The number of alkyl carbamates (subject to hydrolysis) is 1. The average Bonchev–Trinajstić information content (AvgIpc) is 3.08. The average molecular weight is 462 g/mol. The van der Waals surface area contributed by atoms with Gasteiger partial charge in [-0.25, -0.2) is 9.18 Å². The highest BCUT2D eigenvalue weighted by molar-refractivity contribution is 5.86. The molecule has 2 heterocycles. The Bertz CT molecular complexity index is 871. The number of piperidine rings is 1. The van der Waals surface area contributed by atoms with Crippen LogP contribution in [0.2, 0.25) is 0 Å². The summed E-state index contributed by atoms with van der Waals surface area (Å²) in [6.45, 7) is 5.75. The van der Waals surface area contributed by atoms with Crippen LogP contribution in [0, 0.1) is 11.2 Å². The smallest absolute Gasteiger partial charge is 0.407 e. The van der Waals surface area contributed by atoms with Crippen LogP contribution in [0.1, 0.15) is 64.4 Å². The zero-order chi connectivity index (χ0) is 23.6. The lowest BCUT2D eigenvalue weighted by Gasteiger charge is -2.41. The first-order valence-corrected chi connectivity index (χ1v) is 12.2. The molecule has 3 fully saturated rings. The summed E-state index contributed by atoms with van der Waals surface area (Å²) >= 11 is 0. The van der Waals surface area contributed by atoms with Gasteiger partial charge in [0.05, 0.1) is 23.3 Å². The second kappa shape index (κ2) is 9.87. The minimum absolute atomic E-state index is 0.191. The van der Waals surface area contributed by atoms with Crippen molar-refractivity contribution in [2.45, 2.75) is 83.6 Å². The van der Waals surface area contributed by atoms with E-state index in [2.05, 4.69) is 5.32 Å². The number of amides is 2. The third kappa shape index (κ3) is 5.26. The Hall–Kier alpha value is -2.35. The molecule has 2 N–H and O–H groups in total. The number of nitrogens with one attached hydrogen (secondary N) is 1. The first-order chi connectivity index (χ1) is 15.8. The highest BCUT2D eigenvalue weighted by Gasteiger charge is 2.50. The van der Waals surface area contributed by atoms with E-state index < -0.39 is 11.5 Å². The van der Waals surface area contributed by atoms with Gasteiger partial charge >= 0.3 is 6.09 Å². The summed E-state index contributed by atoms with van der Waals surface area (Å²) in [4.78, 5) is 29.2. The summed E-state index contributed by atoms with van der Waals surface area (Å²) in [7, 11) is 0. The van der Waals surface area contributed by atoms with Crippen molar-refractivity contribution in [3.8, 4) is 0 Å². The Labute approximate surface area is 195 Å². The van der Waals surface area contributed by atoms with Crippen LogP contribution >= 0.6 is 0 Å². The zero-order valence-corrected chi connectivity index (χ0v) is 19.7. The molecule has 0 unspecified atom stereocenters. The van der Waals surface area contributed by atoms with Gasteiger partial charge in [0.15, 0.2) is 0 Å². The molecule has 2 amide bonds. The Morgan fingerprint density at radius 3 is 2.70 bits per heavy atom. The predicted octanol–water partition coefficient (Wildman–Crippen LogP) is 3.58. The fraction of sp³-hybridized carbons (Fsp3) is 0.680. The molecular formula is C25H36FN3O4. The van der Waals surface area contributed by atoms with Gasteiger partial charge in [-0.2, -0.15) is 0 Å². The topological polar surface area (TPSA) is 82.1 Å². The summed E-state index contributed by atoms with van der Waals surface area (Å²) < 4.78 is 20.1. The minimum Gasteiger partial charge on any atom is -0.447 e. The molecule has 1 aromatic rings. The molecule has 0 bridgehead atoms. The number of likely N-dealkylation sites (tertiary alicyclic amines) is 1. The predicted molar refractivity (Wildman–Crippen MR) is 123 cm³/mol. The third-order valence-electron chi connectivity index (χ3n) is 7.36. The molecule has 7 nitrogen and oxygen atoms in total.